The molecule has 78 heavy (non-hydrogen) atoms. The molecule has 0 spiro atoms. The summed E-state index contributed by atoms with van der Waals surface area (Å²) >= 11 is 6.26. The molecule has 24 nitrogen and oxygen atoms in total. The van der Waals surface area contributed by atoms with Crippen LogP contribution < -0.4 is 20.3 Å². The molecule has 0 saturated carbocycles. The topological polar surface area (TPSA) is 272 Å². The number of carbonyl (C=O) groups is 4. The van der Waals surface area contributed by atoms with E-state index in [2.05, 4.69) is 26.2 Å². The largest absolute Gasteiger partial charge is 0.480 e. The maximum Gasteiger partial charge on any atom is 0.323 e. The summed E-state index contributed by atoms with van der Waals surface area (Å²) in [5.41, 5.74) is 2.93. The standard InChI is InChI=1S/C52H76ClN9O15S/c1-4-18-70-20-22-72-24-26-74-28-30-76-32-33-77-31-29-75-27-25-73-23-21-71-19-15-55-48(63)38-60(39-50(65)66)49(64)10-5-7-14-54-42-13-17-59(37-42)51-40(2)36-62-47(56-51)35-45(57-62)46-9-6-8-16-61(46)52(67)43-34-41(53)11-12-44(43)58-78(3,68)69/h1,9,11-12,34-36,42,54,58H,5-8,10,13-33,37-39H2,2-3H3,(H,55,63)(H,65,66)/t42-/m0/s1. The predicted octanol–water partition coefficient (Wildman–Crippen LogP) is 2.47. The maximum absolute atomic E-state index is 14.0. The molecule has 5 rings (SSSR count). The van der Waals surface area contributed by atoms with Gasteiger partial charge in [0, 0.05) is 61.5 Å². The van der Waals surface area contributed by atoms with Gasteiger partial charge in [0.25, 0.3) is 5.91 Å². The number of benzene rings is 1. The number of carboxylic acids is 1. The molecule has 3 amide bonds. The highest BCUT2D eigenvalue weighted by molar-refractivity contribution is 7.92. The Morgan fingerprint density at radius 2 is 1.45 bits per heavy atom. The number of anilines is 2. The fraction of sp³-hybridized carbons (Fsp3) is 0.615. The van der Waals surface area contributed by atoms with Crippen LogP contribution >= 0.6 is 11.6 Å². The smallest absolute Gasteiger partial charge is 0.323 e. The third kappa shape index (κ3) is 23.5. The fourth-order valence-corrected chi connectivity index (χ4v) is 9.04. The van der Waals surface area contributed by atoms with Crippen molar-refractivity contribution in [2.75, 3.05) is 167 Å². The zero-order valence-electron chi connectivity index (χ0n) is 44.8. The van der Waals surface area contributed by atoms with Crippen molar-refractivity contribution in [2.45, 2.75) is 51.5 Å². The van der Waals surface area contributed by atoms with Crippen molar-refractivity contribution >= 4 is 68.2 Å². The number of sulfonamides is 1. The molecule has 0 radical (unpaired) electrons. The first kappa shape index (κ1) is 63.3. The molecule has 0 aliphatic carbocycles. The van der Waals surface area contributed by atoms with Gasteiger partial charge in [0.2, 0.25) is 21.8 Å². The molecule has 4 N–H and O–H groups in total. The lowest BCUT2D eigenvalue weighted by Gasteiger charge is -2.28. The van der Waals surface area contributed by atoms with E-state index < -0.39 is 40.3 Å². The maximum atomic E-state index is 14.0. The van der Waals surface area contributed by atoms with E-state index in [1.54, 1.807) is 9.42 Å². The average molecular weight is 1130 g/mol. The Bertz CT molecular complexity index is 2550. The predicted molar refractivity (Wildman–Crippen MR) is 291 cm³/mol. The Morgan fingerprint density at radius 3 is 2.05 bits per heavy atom. The van der Waals surface area contributed by atoms with Gasteiger partial charge >= 0.3 is 5.97 Å². The quantitative estimate of drug-likeness (QED) is 0.0470. The molecule has 432 valence electrons. The molecule has 1 aromatic carbocycles. The van der Waals surface area contributed by atoms with Crippen molar-refractivity contribution in [3.63, 3.8) is 0 Å². The van der Waals surface area contributed by atoms with Crippen molar-refractivity contribution in [3.05, 3.63) is 58.4 Å². The van der Waals surface area contributed by atoms with Crippen molar-refractivity contribution in [1.29, 1.82) is 0 Å². The Kier molecular flexibility index (Phi) is 28.6. The van der Waals surface area contributed by atoms with Gasteiger partial charge < -0.3 is 68.3 Å². The van der Waals surface area contributed by atoms with Crippen LogP contribution in [0.4, 0.5) is 11.5 Å². The van der Waals surface area contributed by atoms with Crippen LogP contribution in [0.5, 0.6) is 0 Å². The molecule has 1 atom stereocenters. The number of amides is 3. The number of terminal acetylenes is 1. The average Bonchev–Trinajstić information content (AvgIpc) is 4.10. The van der Waals surface area contributed by atoms with E-state index in [0.717, 1.165) is 41.9 Å². The van der Waals surface area contributed by atoms with Gasteiger partial charge in [0.05, 0.1) is 122 Å². The van der Waals surface area contributed by atoms with E-state index in [1.807, 2.05) is 25.3 Å². The Morgan fingerprint density at radius 1 is 0.833 bits per heavy atom. The number of aromatic nitrogens is 3. The van der Waals surface area contributed by atoms with E-state index in [0.29, 0.717) is 153 Å². The second-order valence-corrected chi connectivity index (χ2v) is 20.4. The molecule has 4 heterocycles. The van der Waals surface area contributed by atoms with Gasteiger partial charge in [0.1, 0.15) is 31.2 Å². The highest BCUT2D eigenvalue weighted by atomic mass is 35.5. The van der Waals surface area contributed by atoms with Crippen LogP contribution in [0.2, 0.25) is 5.02 Å². The van der Waals surface area contributed by atoms with Crippen molar-refractivity contribution in [1.82, 2.24) is 35.0 Å². The monoisotopic (exact) mass is 1130 g/mol. The minimum absolute atomic E-state index is 0.0971. The molecule has 0 unspecified atom stereocenters. The SMILES string of the molecule is C#CCOCCOCCOCCOCCOCCOCCOCCOCCNC(=O)CN(CC(=O)O)C(=O)CCCCN[C@H]1CCN(c2nc3cc(C4=CCCCN4C(=O)c4cc(Cl)ccc4NS(C)(=O)=O)nn3cc2C)C1. The highest BCUT2D eigenvalue weighted by Crippen LogP contribution is 2.31. The number of fused-ring (bicyclic) bond motifs is 1. The Balaban J connectivity index is 0.896. The molecule has 1 fully saturated rings. The number of rotatable bonds is 40. The number of hydrogen-bond donors (Lipinski definition) is 4. The second kappa shape index (κ2) is 35.2. The summed E-state index contributed by atoms with van der Waals surface area (Å²) in [6, 6.07) is 6.45. The van der Waals surface area contributed by atoms with E-state index >= 15 is 0 Å². The van der Waals surface area contributed by atoms with Crippen LogP contribution in [-0.4, -0.2) is 225 Å². The van der Waals surface area contributed by atoms with Crippen LogP contribution in [0.3, 0.4) is 0 Å². The van der Waals surface area contributed by atoms with Gasteiger partial charge in [0.15, 0.2) is 5.65 Å². The lowest BCUT2D eigenvalue weighted by atomic mass is 10.1. The van der Waals surface area contributed by atoms with Gasteiger partial charge in [-0.2, -0.15) is 5.10 Å². The first-order valence-electron chi connectivity index (χ1n) is 26.2. The summed E-state index contributed by atoms with van der Waals surface area (Å²) < 4.78 is 71.6. The lowest BCUT2D eigenvalue weighted by Crippen LogP contribution is -2.43. The molecule has 2 aromatic heterocycles. The van der Waals surface area contributed by atoms with Gasteiger partial charge in [-0.25, -0.2) is 17.9 Å². The molecule has 26 heteroatoms. The number of nitrogens with zero attached hydrogens (tertiary/aromatic N) is 6. The van der Waals surface area contributed by atoms with Crippen LogP contribution in [0.1, 0.15) is 60.1 Å². The van der Waals surface area contributed by atoms with E-state index in [9.17, 15) is 32.7 Å². The zero-order valence-corrected chi connectivity index (χ0v) is 46.3. The number of aryl methyl sites for hydroxylation is 1. The molecule has 2 aliphatic heterocycles. The summed E-state index contributed by atoms with van der Waals surface area (Å²) in [5.74, 6) is 0.688. The normalized spacial score (nSPS) is 14.6. The summed E-state index contributed by atoms with van der Waals surface area (Å²) in [7, 11) is -3.67. The van der Waals surface area contributed by atoms with E-state index in [-0.39, 0.29) is 50.0 Å². The molecular formula is C52H76ClN9O15S. The number of allylic oxidation sites excluding steroid dienone is 1. The third-order valence-electron chi connectivity index (χ3n) is 11.9. The number of nitrogens with one attached hydrogen (secondary N) is 3. The van der Waals surface area contributed by atoms with Crippen molar-refractivity contribution in [3.8, 4) is 12.3 Å². The van der Waals surface area contributed by atoms with E-state index in [4.69, 9.17) is 66.0 Å². The number of carbonyl (C=O) groups excluding carboxylic acids is 3. The van der Waals surface area contributed by atoms with Crippen LogP contribution in [0, 0.1) is 19.3 Å². The fourth-order valence-electron chi connectivity index (χ4n) is 8.29. The Hall–Kier alpha value is -5.50. The second-order valence-electron chi connectivity index (χ2n) is 18.2. The van der Waals surface area contributed by atoms with Gasteiger partial charge in [-0.3, -0.25) is 23.9 Å². The van der Waals surface area contributed by atoms with Crippen LogP contribution in [-0.2, 0) is 62.3 Å². The summed E-state index contributed by atoms with van der Waals surface area (Å²) in [6.45, 7) is 10.1. The first-order valence-corrected chi connectivity index (χ1v) is 28.5. The van der Waals surface area contributed by atoms with E-state index in [1.165, 1.54) is 18.2 Å². The number of hydrogen-bond acceptors (Lipinski definition) is 18. The van der Waals surface area contributed by atoms with Gasteiger partial charge in [-0.15, -0.1) is 6.42 Å². The summed E-state index contributed by atoms with van der Waals surface area (Å²) in [4.78, 5) is 61.1. The third-order valence-corrected chi connectivity index (χ3v) is 12.8. The Labute approximate surface area is 461 Å². The minimum atomic E-state index is -3.67. The molecule has 1 saturated heterocycles. The molecule has 3 aromatic rings. The summed E-state index contributed by atoms with van der Waals surface area (Å²) in [5, 5.41) is 20.8. The number of unbranched alkanes of at least 4 members (excludes halogenated alkanes) is 1. The molecular weight excluding hydrogens is 1060 g/mol. The molecule has 0 bridgehead atoms. The molecule has 2 aliphatic rings. The number of ether oxygens (including phenoxy) is 8. The number of carboxylic acid groups (broad SMARTS) is 1. The van der Waals surface area contributed by atoms with Crippen molar-refractivity contribution in [2.24, 2.45) is 0 Å². The van der Waals surface area contributed by atoms with Crippen molar-refractivity contribution < 1.29 is 70.6 Å². The lowest BCUT2D eigenvalue weighted by molar-refractivity contribution is -0.146. The highest BCUT2D eigenvalue weighted by Gasteiger charge is 2.29. The minimum Gasteiger partial charge on any atom is -0.480 e. The van der Waals surface area contributed by atoms with Crippen LogP contribution in [0.25, 0.3) is 11.3 Å². The number of halogens is 1. The van der Waals surface area contributed by atoms with Crippen LogP contribution in [0.15, 0.2) is 36.5 Å². The zero-order chi connectivity index (χ0) is 56.0. The number of aliphatic carboxylic acids is 1. The summed E-state index contributed by atoms with van der Waals surface area (Å²) in [6.07, 6.45) is 13.6. The van der Waals surface area contributed by atoms with Gasteiger partial charge in [-0.1, -0.05) is 23.6 Å². The first-order chi connectivity index (χ1) is 37.7. The van der Waals surface area contributed by atoms with Gasteiger partial charge in [-0.05, 0) is 63.8 Å².